The molecular formula is C15H19ClN4O. The lowest BCUT2D eigenvalue weighted by atomic mass is 9.84. The molecule has 2 aromatic rings. The summed E-state index contributed by atoms with van der Waals surface area (Å²) in [5, 5.41) is 19.5. The predicted octanol–water partition coefficient (Wildman–Crippen LogP) is 1.95. The van der Waals surface area contributed by atoms with Crippen LogP contribution in [0.15, 0.2) is 30.6 Å². The summed E-state index contributed by atoms with van der Waals surface area (Å²) in [6, 6.07) is 7.50. The standard InChI is InChI=1S/C15H19ClN4O/c1-19-11-17-18-14(19)10-20-8-6-15(21,7-9-20)12-2-4-13(16)5-3-12/h2-5,11,21H,6-10H2,1H3. The lowest BCUT2D eigenvalue weighted by Crippen LogP contribution is -2.42. The maximum Gasteiger partial charge on any atom is 0.146 e. The van der Waals surface area contributed by atoms with E-state index in [0.717, 1.165) is 31.0 Å². The van der Waals surface area contributed by atoms with Gasteiger partial charge in [0.2, 0.25) is 0 Å². The number of nitrogens with zero attached hydrogens (tertiary/aromatic N) is 4. The molecule has 1 N–H and O–H groups in total. The van der Waals surface area contributed by atoms with Crippen LogP contribution in [0.3, 0.4) is 0 Å². The van der Waals surface area contributed by atoms with Crippen LogP contribution in [0.2, 0.25) is 5.02 Å². The van der Waals surface area contributed by atoms with Crippen molar-refractivity contribution in [2.24, 2.45) is 7.05 Å². The SMILES string of the molecule is Cn1cnnc1CN1CCC(O)(c2ccc(Cl)cc2)CC1. The molecule has 1 aromatic heterocycles. The molecule has 1 saturated heterocycles. The monoisotopic (exact) mass is 306 g/mol. The lowest BCUT2D eigenvalue weighted by Gasteiger charge is -2.38. The molecule has 1 fully saturated rings. The van der Waals surface area contributed by atoms with Crippen molar-refractivity contribution in [2.45, 2.75) is 25.0 Å². The van der Waals surface area contributed by atoms with Crippen molar-refractivity contribution in [3.8, 4) is 0 Å². The van der Waals surface area contributed by atoms with E-state index < -0.39 is 5.60 Å². The third kappa shape index (κ3) is 3.10. The van der Waals surface area contributed by atoms with Gasteiger partial charge in [-0.1, -0.05) is 23.7 Å². The van der Waals surface area contributed by atoms with E-state index in [2.05, 4.69) is 15.1 Å². The Labute approximate surface area is 129 Å². The molecule has 6 heteroatoms. The number of rotatable bonds is 3. The summed E-state index contributed by atoms with van der Waals surface area (Å²) in [7, 11) is 1.95. The van der Waals surface area contributed by atoms with Crippen molar-refractivity contribution in [3.05, 3.63) is 47.0 Å². The van der Waals surface area contributed by atoms with Gasteiger partial charge in [0.1, 0.15) is 12.2 Å². The van der Waals surface area contributed by atoms with Crippen LogP contribution in [-0.2, 0) is 19.2 Å². The topological polar surface area (TPSA) is 54.2 Å². The van der Waals surface area contributed by atoms with E-state index in [9.17, 15) is 5.11 Å². The van der Waals surface area contributed by atoms with Gasteiger partial charge in [0, 0.05) is 25.2 Å². The van der Waals surface area contributed by atoms with Gasteiger partial charge in [-0.2, -0.15) is 0 Å². The zero-order valence-electron chi connectivity index (χ0n) is 12.0. The number of hydrogen-bond donors (Lipinski definition) is 1. The Kier molecular flexibility index (Phi) is 3.97. The molecule has 0 atom stereocenters. The number of aryl methyl sites for hydroxylation is 1. The largest absolute Gasteiger partial charge is 0.385 e. The fraction of sp³-hybridized carbons (Fsp3) is 0.467. The van der Waals surface area contributed by atoms with Crippen LogP contribution in [0, 0.1) is 0 Å². The van der Waals surface area contributed by atoms with E-state index in [4.69, 9.17) is 11.6 Å². The van der Waals surface area contributed by atoms with Gasteiger partial charge in [0.05, 0.1) is 12.1 Å². The quantitative estimate of drug-likeness (QED) is 0.942. The molecule has 3 rings (SSSR count). The maximum absolute atomic E-state index is 10.8. The highest BCUT2D eigenvalue weighted by molar-refractivity contribution is 6.30. The zero-order chi connectivity index (χ0) is 14.9. The Morgan fingerprint density at radius 3 is 2.48 bits per heavy atom. The van der Waals surface area contributed by atoms with Crippen LogP contribution >= 0.6 is 11.6 Å². The molecule has 0 unspecified atom stereocenters. The number of halogens is 1. The summed E-state index contributed by atoms with van der Waals surface area (Å²) < 4.78 is 1.93. The average molecular weight is 307 g/mol. The van der Waals surface area contributed by atoms with E-state index in [1.54, 1.807) is 6.33 Å². The highest BCUT2D eigenvalue weighted by Crippen LogP contribution is 2.33. The second-order valence-electron chi connectivity index (χ2n) is 5.67. The van der Waals surface area contributed by atoms with Crippen molar-refractivity contribution >= 4 is 11.6 Å². The van der Waals surface area contributed by atoms with Crippen LogP contribution in [0.1, 0.15) is 24.2 Å². The van der Waals surface area contributed by atoms with Gasteiger partial charge >= 0.3 is 0 Å². The molecule has 0 spiro atoms. The summed E-state index contributed by atoms with van der Waals surface area (Å²) in [5.41, 5.74) is 0.200. The molecule has 0 saturated carbocycles. The van der Waals surface area contributed by atoms with Gasteiger partial charge in [-0.25, -0.2) is 0 Å². The average Bonchev–Trinajstić information content (AvgIpc) is 2.88. The van der Waals surface area contributed by atoms with Gasteiger partial charge < -0.3 is 9.67 Å². The molecule has 0 bridgehead atoms. The molecule has 1 aromatic carbocycles. The number of likely N-dealkylation sites (tertiary alicyclic amines) is 1. The molecule has 5 nitrogen and oxygen atoms in total. The van der Waals surface area contributed by atoms with Crippen LogP contribution < -0.4 is 0 Å². The zero-order valence-corrected chi connectivity index (χ0v) is 12.8. The minimum atomic E-state index is -0.749. The van der Waals surface area contributed by atoms with Gasteiger partial charge in [-0.15, -0.1) is 10.2 Å². The molecule has 0 aliphatic carbocycles. The van der Waals surface area contributed by atoms with Gasteiger partial charge in [0.15, 0.2) is 0 Å². The summed E-state index contributed by atoms with van der Waals surface area (Å²) >= 11 is 5.91. The Morgan fingerprint density at radius 1 is 1.24 bits per heavy atom. The highest BCUT2D eigenvalue weighted by atomic mass is 35.5. The Hall–Kier alpha value is -1.43. The summed E-state index contributed by atoms with van der Waals surface area (Å²) in [6.07, 6.45) is 3.14. The van der Waals surface area contributed by atoms with Crippen LogP contribution in [0.25, 0.3) is 0 Å². The van der Waals surface area contributed by atoms with E-state index in [1.807, 2.05) is 35.9 Å². The van der Waals surface area contributed by atoms with Crippen molar-refractivity contribution in [1.82, 2.24) is 19.7 Å². The highest BCUT2D eigenvalue weighted by Gasteiger charge is 2.34. The molecule has 21 heavy (non-hydrogen) atoms. The first-order valence-corrected chi connectivity index (χ1v) is 7.48. The predicted molar refractivity (Wildman–Crippen MR) is 80.9 cm³/mol. The Bertz CT molecular complexity index is 602. The number of aromatic nitrogens is 3. The summed E-state index contributed by atoms with van der Waals surface area (Å²) in [6.45, 7) is 2.45. The van der Waals surface area contributed by atoms with Crippen molar-refractivity contribution in [3.63, 3.8) is 0 Å². The summed E-state index contributed by atoms with van der Waals surface area (Å²) in [4.78, 5) is 2.30. The summed E-state index contributed by atoms with van der Waals surface area (Å²) in [5.74, 6) is 0.951. The number of hydrogen-bond acceptors (Lipinski definition) is 4. The van der Waals surface area contributed by atoms with Crippen LogP contribution in [0.5, 0.6) is 0 Å². The maximum atomic E-state index is 10.8. The second-order valence-corrected chi connectivity index (χ2v) is 6.11. The molecule has 1 aliphatic rings. The minimum absolute atomic E-state index is 0.696. The smallest absolute Gasteiger partial charge is 0.146 e. The Balaban J connectivity index is 1.64. The minimum Gasteiger partial charge on any atom is -0.385 e. The van der Waals surface area contributed by atoms with E-state index in [0.29, 0.717) is 17.9 Å². The Morgan fingerprint density at radius 2 is 1.90 bits per heavy atom. The van der Waals surface area contributed by atoms with E-state index in [1.165, 1.54) is 0 Å². The van der Waals surface area contributed by atoms with Crippen LogP contribution in [-0.4, -0.2) is 37.9 Å². The first-order valence-electron chi connectivity index (χ1n) is 7.10. The van der Waals surface area contributed by atoms with Gasteiger partial charge in [-0.3, -0.25) is 4.90 Å². The fourth-order valence-electron chi connectivity index (χ4n) is 2.78. The lowest BCUT2D eigenvalue weighted by molar-refractivity contribution is -0.0283. The molecular weight excluding hydrogens is 288 g/mol. The molecule has 112 valence electrons. The molecule has 0 radical (unpaired) electrons. The fourth-order valence-corrected chi connectivity index (χ4v) is 2.91. The van der Waals surface area contributed by atoms with Crippen LogP contribution in [0.4, 0.5) is 0 Å². The van der Waals surface area contributed by atoms with E-state index in [-0.39, 0.29) is 0 Å². The number of aliphatic hydroxyl groups is 1. The number of piperidine rings is 1. The van der Waals surface area contributed by atoms with Gasteiger partial charge in [-0.05, 0) is 30.5 Å². The first kappa shape index (κ1) is 14.5. The van der Waals surface area contributed by atoms with Crippen molar-refractivity contribution < 1.29 is 5.11 Å². The normalized spacial score (nSPS) is 18.8. The van der Waals surface area contributed by atoms with Gasteiger partial charge in [0.25, 0.3) is 0 Å². The first-order chi connectivity index (χ1) is 10.1. The third-order valence-electron chi connectivity index (χ3n) is 4.23. The second kappa shape index (κ2) is 5.75. The third-order valence-corrected chi connectivity index (χ3v) is 4.49. The van der Waals surface area contributed by atoms with Crippen molar-refractivity contribution in [2.75, 3.05) is 13.1 Å². The molecule has 2 heterocycles. The van der Waals surface area contributed by atoms with Crippen molar-refractivity contribution in [1.29, 1.82) is 0 Å². The molecule has 0 amide bonds. The number of benzene rings is 1. The van der Waals surface area contributed by atoms with E-state index >= 15 is 0 Å². The molecule has 1 aliphatic heterocycles.